The maximum absolute atomic E-state index is 12.8. The number of rotatable bonds is 58. The normalized spacial score (nSPS) is 12.5. The quantitative estimate of drug-likeness (QED) is 0.0261. The topological polar surface area (TPSA) is 78.9 Å². The molecule has 0 rings (SSSR count). The Balaban J connectivity index is 4.05. The molecule has 1 unspecified atom stereocenters. The highest BCUT2D eigenvalue weighted by Crippen LogP contribution is 2.17. The number of ether oxygens (including phenoxy) is 3. The summed E-state index contributed by atoms with van der Waals surface area (Å²) in [6.07, 6.45) is 80.7. The molecule has 0 aliphatic heterocycles. The second kappa shape index (κ2) is 62.4. The molecule has 0 bridgehead atoms. The van der Waals surface area contributed by atoms with Crippen LogP contribution in [0.25, 0.3) is 0 Å². The number of allylic oxidation sites excluding steroid dienone is 12. The van der Waals surface area contributed by atoms with Gasteiger partial charge in [-0.3, -0.25) is 14.4 Å². The molecule has 0 fully saturated rings. The molecule has 1 atom stereocenters. The highest BCUT2D eigenvalue weighted by molar-refractivity contribution is 5.71. The van der Waals surface area contributed by atoms with Crippen molar-refractivity contribution in [2.75, 3.05) is 13.2 Å². The first-order valence-electron chi connectivity index (χ1n) is 31.9. The lowest BCUT2D eigenvalue weighted by Crippen LogP contribution is -2.30. The van der Waals surface area contributed by atoms with Crippen molar-refractivity contribution in [3.8, 4) is 0 Å². The minimum Gasteiger partial charge on any atom is -0.462 e. The molecular formula is C68H120O6. The van der Waals surface area contributed by atoms with Crippen LogP contribution in [-0.2, 0) is 28.6 Å². The molecule has 0 saturated carbocycles. The number of carbonyl (C=O) groups is 3. The molecule has 74 heavy (non-hydrogen) atoms. The Morgan fingerprint density at radius 3 is 0.878 bits per heavy atom. The maximum Gasteiger partial charge on any atom is 0.306 e. The largest absolute Gasteiger partial charge is 0.462 e. The molecule has 0 aromatic carbocycles. The van der Waals surface area contributed by atoms with E-state index in [0.29, 0.717) is 19.3 Å². The Labute approximate surface area is 459 Å². The summed E-state index contributed by atoms with van der Waals surface area (Å²) in [5, 5.41) is 0. The second-order valence-corrected chi connectivity index (χ2v) is 21.3. The van der Waals surface area contributed by atoms with Gasteiger partial charge >= 0.3 is 17.9 Å². The van der Waals surface area contributed by atoms with Gasteiger partial charge in [-0.1, -0.05) is 293 Å². The van der Waals surface area contributed by atoms with Crippen LogP contribution in [0.5, 0.6) is 0 Å². The first-order chi connectivity index (χ1) is 36.5. The van der Waals surface area contributed by atoms with Gasteiger partial charge in [-0.2, -0.15) is 0 Å². The molecular weight excluding hydrogens is 913 g/mol. The van der Waals surface area contributed by atoms with Crippen molar-refractivity contribution >= 4 is 17.9 Å². The van der Waals surface area contributed by atoms with Crippen LogP contribution >= 0.6 is 0 Å². The van der Waals surface area contributed by atoms with E-state index < -0.39 is 6.10 Å². The van der Waals surface area contributed by atoms with Gasteiger partial charge in [0.15, 0.2) is 6.10 Å². The van der Waals surface area contributed by atoms with Crippen LogP contribution in [0.15, 0.2) is 72.9 Å². The Hall–Kier alpha value is -3.15. The van der Waals surface area contributed by atoms with Gasteiger partial charge in [0.2, 0.25) is 0 Å². The second-order valence-electron chi connectivity index (χ2n) is 21.3. The minimum absolute atomic E-state index is 0.0728. The van der Waals surface area contributed by atoms with Crippen molar-refractivity contribution in [1.29, 1.82) is 0 Å². The van der Waals surface area contributed by atoms with E-state index in [1.807, 2.05) is 0 Å². The lowest BCUT2D eigenvalue weighted by Gasteiger charge is -2.18. The molecule has 0 saturated heterocycles. The molecule has 0 aromatic heterocycles. The fourth-order valence-corrected chi connectivity index (χ4v) is 9.16. The maximum atomic E-state index is 12.8. The van der Waals surface area contributed by atoms with Gasteiger partial charge in [0.25, 0.3) is 0 Å². The number of hydrogen-bond donors (Lipinski definition) is 0. The third-order valence-electron chi connectivity index (χ3n) is 13.9. The predicted octanol–water partition coefficient (Wildman–Crippen LogP) is 21.7. The highest BCUT2D eigenvalue weighted by atomic mass is 16.6. The van der Waals surface area contributed by atoms with Crippen LogP contribution in [0.2, 0.25) is 0 Å². The van der Waals surface area contributed by atoms with Crippen LogP contribution < -0.4 is 0 Å². The third kappa shape index (κ3) is 59.7. The van der Waals surface area contributed by atoms with Gasteiger partial charge in [-0.25, -0.2) is 0 Å². The summed E-state index contributed by atoms with van der Waals surface area (Å²) in [6.45, 7) is 6.51. The van der Waals surface area contributed by atoms with Gasteiger partial charge in [0.1, 0.15) is 13.2 Å². The van der Waals surface area contributed by atoms with Crippen LogP contribution in [0.3, 0.4) is 0 Å². The minimum atomic E-state index is -0.773. The summed E-state index contributed by atoms with van der Waals surface area (Å²) >= 11 is 0. The Bertz CT molecular complexity index is 1370. The molecule has 0 spiro atoms. The Kier molecular flexibility index (Phi) is 59.7. The lowest BCUT2D eigenvalue weighted by atomic mass is 10.0. The SMILES string of the molecule is CC/C=C\C/C=C\C/C=C\C/C=C\C/C=C\CCCCCCCCCCCCCCCCCCCC(=O)OCC(COC(=O)CCCCCCC/C=C\CCCC)OC(=O)CCCCCCCCCCCCCC. The molecule has 0 aliphatic carbocycles. The summed E-state index contributed by atoms with van der Waals surface area (Å²) in [7, 11) is 0. The molecule has 6 heteroatoms. The molecule has 428 valence electrons. The van der Waals surface area contributed by atoms with Gasteiger partial charge in [0, 0.05) is 19.3 Å². The van der Waals surface area contributed by atoms with E-state index in [2.05, 4.69) is 93.7 Å². The van der Waals surface area contributed by atoms with Crippen molar-refractivity contribution in [3.63, 3.8) is 0 Å². The number of unbranched alkanes of at least 4 members (excludes halogenated alkanes) is 35. The first-order valence-corrected chi connectivity index (χ1v) is 31.9. The fourth-order valence-electron chi connectivity index (χ4n) is 9.16. The van der Waals surface area contributed by atoms with Crippen LogP contribution in [0.1, 0.15) is 323 Å². The summed E-state index contributed by atoms with van der Waals surface area (Å²) in [5.41, 5.74) is 0. The van der Waals surface area contributed by atoms with Crippen LogP contribution in [-0.4, -0.2) is 37.2 Å². The zero-order valence-electron chi connectivity index (χ0n) is 49.1. The summed E-state index contributed by atoms with van der Waals surface area (Å²) in [4.78, 5) is 38.1. The highest BCUT2D eigenvalue weighted by Gasteiger charge is 2.19. The van der Waals surface area contributed by atoms with E-state index in [9.17, 15) is 14.4 Å². The number of carbonyl (C=O) groups excluding carboxylic acids is 3. The van der Waals surface area contributed by atoms with Crippen LogP contribution in [0.4, 0.5) is 0 Å². The van der Waals surface area contributed by atoms with E-state index in [-0.39, 0.29) is 31.1 Å². The monoisotopic (exact) mass is 1030 g/mol. The third-order valence-corrected chi connectivity index (χ3v) is 13.9. The number of esters is 3. The molecule has 0 aliphatic rings. The summed E-state index contributed by atoms with van der Waals surface area (Å²) < 4.78 is 16.9. The average Bonchev–Trinajstić information content (AvgIpc) is 3.40. The van der Waals surface area contributed by atoms with Gasteiger partial charge in [0.05, 0.1) is 0 Å². The van der Waals surface area contributed by atoms with Crippen molar-refractivity contribution in [1.82, 2.24) is 0 Å². The van der Waals surface area contributed by atoms with Gasteiger partial charge in [-0.15, -0.1) is 0 Å². The smallest absolute Gasteiger partial charge is 0.306 e. The predicted molar refractivity (Wildman–Crippen MR) is 321 cm³/mol. The summed E-state index contributed by atoms with van der Waals surface area (Å²) in [5.74, 6) is -0.869. The summed E-state index contributed by atoms with van der Waals surface area (Å²) in [6, 6.07) is 0. The van der Waals surface area contributed by atoms with E-state index in [0.717, 1.165) is 96.3 Å². The zero-order valence-corrected chi connectivity index (χ0v) is 49.1. The number of hydrogen-bond acceptors (Lipinski definition) is 6. The first kappa shape index (κ1) is 70.8. The fraction of sp³-hybridized carbons (Fsp3) is 0.779. The zero-order chi connectivity index (χ0) is 53.6. The lowest BCUT2D eigenvalue weighted by molar-refractivity contribution is -0.167. The average molecular weight is 1030 g/mol. The van der Waals surface area contributed by atoms with Crippen molar-refractivity contribution in [2.24, 2.45) is 0 Å². The molecule has 0 radical (unpaired) electrons. The van der Waals surface area contributed by atoms with Crippen LogP contribution in [0, 0.1) is 0 Å². The van der Waals surface area contributed by atoms with Crippen molar-refractivity contribution < 1.29 is 28.6 Å². The molecule has 0 heterocycles. The van der Waals surface area contributed by atoms with Gasteiger partial charge < -0.3 is 14.2 Å². The van der Waals surface area contributed by atoms with Crippen molar-refractivity contribution in [2.45, 2.75) is 329 Å². The van der Waals surface area contributed by atoms with Gasteiger partial charge in [-0.05, 0) is 83.5 Å². The molecule has 6 nitrogen and oxygen atoms in total. The standard InChI is InChI=1S/C68H120O6/c1-4-7-10-13-16-19-22-24-25-26-27-28-29-30-31-32-33-34-35-36-37-38-39-40-41-42-43-44-47-49-52-55-58-61-67(70)73-64-65(63-72-66(69)60-57-54-51-48-45-21-18-15-12-9-6-3)74-68(71)62-59-56-53-50-46-23-20-17-14-11-8-5-2/h7,10,15-16,18-19,24-25,27-28,30-31,65H,4-6,8-9,11-14,17,20-23,26,29,32-64H2,1-3H3/b10-7-,18-15-,19-16-,25-24-,28-27-,31-30-. The Morgan fingerprint density at radius 2 is 0.541 bits per heavy atom. The van der Waals surface area contributed by atoms with E-state index in [4.69, 9.17) is 14.2 Å². The Morgan fingerprint density at radius 1 is 0.284 bits per heavy atom. The molecule has 0 N–H and O–H groups in total. The van der Waals surface area contributed by atoms with Crippen molar-refractivity contribution in [3.05, 3.63) is 72.9 Å². The molecule has 0 amide bonds. The van der Waals surface area contributed by atoms with E-state index in [1.54, 1.807) is 0 Å². The van der Waals surface area contributed by atoms with E-state index >= 15 is 0 Å². The molecule has 0 aromatic rings. The van der Waals surface area contributed by atoms with E-state index in [1.165, 1.54) is 186 Å².